The summed E-state index contributed by atoms with van der Waals surface area (Å²) in [4.78, 5) is 12.7. The van der Waals surface area contributed by atoms with Gasteiger partial charge in [-0.25, -0.2) is 4.57 Å². The van der Waals surface area contributed by atoms with Crippen LogP contribution >= 0.6 is 19.2 Å². The van der Waals surface area contributed by atoms with E-state index >= 15 is 0 Å². The molecular weight excluding hydrogens is 517 g/mol. The Morgan fingerprint density at radius 1 is 0.816 bits per heavy atom. The molecule has 6 nitrogen and oxygen atoms in total. The summed E-state index contributed by atoms with van der Waals surface area (Å²) >= 11 is 1.60. The van der Waals surface area contributed by atoms with Crippen LogP contribution < -0.4 is 23.2 Å². The first-order valence-corrected chi connectivity index (χ1v) is 16.4. The molecule has 0 aliphatic rings. The zero-order chi connectivity index (χ0) is 26.9. The fourth-order valence-electron chi connectivity index (χ4n) is 4.30. The predicted molar refractivity (Wildman–Crippen MR) is 152 cm³/mol. The highest BCUT2D eigenvalue weighted by molar-refractivity contribution is 7.46. The minimum absolute atomic E-state index is 0.134. The monoisotopic (exact) mass is 559 g/mol. The number of unbranched alkanes of at least 4 members (excludes halogenated alkanes) is 11. The van der Waals surface area contributed by atoms with Crippen LogP contribution in [0.4, 0.5) is 0 Å². The lowest BCUT2D eigenvalue weighted by Gasteiger charge is -2.25. The summed E-state index contributed by atoms with van der Waals surface area (Å²) in [6, 6.07) is 13.8. The summed E-state index contributed by atoms with van der Waals surface area (Å²) < 4.78 is 31.1. The molecular formula is C30H42NO5PS. The quantitative estimate of drug-likeness (QED) is 0.0795. The van der Waals surface area contributed by atoms with Gasteiger partial charge in [0.05, 0.1) is 12.0 Å². The lowest BCUT2D eigenvalue weighted by Crippen LogP contribution is -2.30. The number of hydrogen-bond acceptors (Lipinski definition) is 6. The molecule has 0 aliphatic heterocycles. The minimum atomic E-state index is -4.66. The van der Waals surface area contributed by atoms with Crippen molar-refractivity contribution in [2.75, 3.05) is 6.61 Å². The van der Waals surface area contributed by atoms with Crippen molar-refractivity contribution in [1.29, 1.82) is 0 Å². The van der Waals surface area contributed by atoms with Crippen molar-refractivity contribution in [3.05, 3.63) is 71.2 Å². The predicted octanol–water partition coefficient (Wildman–Crippen LogP) is 8.09. The number of aromatic nitrogens is 1. The Hall–Kier alpha value is -2.34. The zero-order valence-electron chi connectivity index (χ0n) is 22.6. The average molecular weight is 560 g/mol. The van der Waals surface area contributed by atoms with Gasteiger partial charge in [-0.05, 0) is 30.7 Å². The Balaban J connectivity index is 1.36. The summed E-state index contributed by atoms with van der Waals surface area (Å²) in [5.41, 5.74) is 2.92. The molecule has 0 saturated carbocycles. The number of thiazole rings is 1. The number of rotatable bonds is 20. The zero-order valence-corrected chi connectivity index (χ0v) is 24.3. The van der Waals surface area contributed by atoms with E-state index in [-0.39, 0.29) is 11.5 Å². The van der Waals surface area contributed by atoms with Gasteiger partial charge < -0.3 is 18.7 Å². The van der Waals surface area contributed by atoms with Gasteiger partial charge in [-0.15, -0.1) is 0 Å². The third-order valence-corrected chi connectivity index (χ3v) is 7.85. The van der Waals surface area contributed by atoms with Gasteiger partial charge >= 0.3 is 7.82 Å². The highest BCUT2D eigenvalue weighted by Crippen LogP contribution is 2.43. The molecule has 1 heterocycles. The molecule has 3 rings (SSSR count). The lowest BCUT2D eigenvalue weighted by atomic mass is 10.1. The molecule has 3 aromatic rings. The maximum absolute atomic E-state index is 12.7. The largest absolute Gasteiger partial charge is 0.736 e. The highest BCUT2D eigenvalue weighted by atomic mass is 32.1. The van der Waals surface area contributed by atoms with E-state index < -0.39 is 7.82 Å². The molecule has 0 aliphatic carbocycles. The fraction of sp³-hybridized carbons (Fsp3) is 0.500. The van der Waals surface area contributed by atoms with E-state index in [0.717, 1.165) is 18.4 Å². The first kappa shape index (κ1) is 30.2. The molecule has 208 valence electrons. The van der Waals surface area contributed by atoms with Gasteiger partial charge in [0.25, 0.3) is 0 Å². The van der Waals surface area contributed by atoms with Crippen molar-refractivity contribution in [2.24, 2.45) is 0 Å². The normalized spacial score (nSPS) is 12.7. The molecule has 0 saturated heterocycles. The van der Waals surface area contributed by atoms with E-state index in [9.17, 15) is 9.46 Å². The molecule has 1 aromatic heterocycles. The second-order valence-electron chi connectivity index (χ2n) is 9.66. The van der Waals surface area contributed by atoms with E-state index in [1.165, 1.54) is 64.2 Å². The van der Waals surface area contributed by atoms with Crippen LogP contribution in [0.3, 0.4) is 0 Å². The summed E-state index contributed by atoms with van der Waals surface area (Å²) in [5.74, 6) is 0.749. The molecule has 0 fully saturated rings. The van der Waals surface area contributed by atoms with Crippen LogP contribution in [0, 0.1) is 0 Å². The van der Waals surface area contributed by atoms with Crippen molar-refractivity contribution in [3.8, 4) is 17.2 Å². The highest BCUT2D eigenvalue weighted by Gasteiger charge is 2.17. The van der Waals surface area contributed by atoms with E-state index in [2.05, 4.69) is 6.92 Å². The molecule has 0 N–H and O–H groups in total. The van der Waals surface area contributed by atoms with Gasteiger partial charge in [-0.1, -0.05) is 113 Å². The molecule has 2 aromatic carbocycles. The van der Waals surface area contributed by atoms with Crippen molar-refractivity contribution in [2.45, 2.75) is 90.5 Å². The number of hydrogen-bond donors (Lipinski definition) is 0. The number of phosphoric ester groups is 1. The fourth-order valence-corrected chi connectivity index (χ4v) is 5.70. The van der Waals surface area contributed by atoms with Crippen LogP contribution in [0.5, 0.6) is 17.2 Å². The van der Waals surface area contributed by atoms with Gasteiger partial charge in [0, 0.05) is 5.56 Å². The standard InChI is InChI=1S/C30H42NO5PS/c1-2-3-4-5-6-7-8-9-10-11-12-15-22-34-29-19-13-14-20-30(29)36-37(32,33)35-28-18-16-17-27(24-28)25-31-21-23-38-26-31/h13-14,16-21,23-24,26H,2-12,15,22,25H2,1H3. The summed E-state index contributed by atoms with van der Waals surface area (Å²) in [5, 5.41) is 1.98. The van der Waals surface area contributed by atoms with E-state index in [0.29, 0.717) is 18.9 Å². The topological polar surface area (TPSA) is 71.7 Å². The second-order valence-corrected chi connectivity index (χ2v) is 11.7. The molecule has 1 atom stereocenters. The molecule has 0 radical (unpaired) electrons. The van der Waals surface area contributed by atoms with E-state index in [4.69, 9.17) is 13.8 Å². The molecule has 8 heteroatoms. The molecule has 0 bridgehead atoms. The Morgan fingerprint density at radius 2 is 1.47 bits per heavy atom. The van der Waals surface area contributed by atoms with Gasteiger partial charge in [-0.3, -0.25) is 0 Å². The average Bonchev–Trinajstić information content (AvgIpc) is 3.40. The van der Waals surface area contributed by atoms with Gasteiger partial charge in [0.15, 0.2) is 24.2 Å². The Labute approximate surface area is 232 Å². The van der Waals surface area contributed by atoms with Crippen LogP contribution in [0.1, 0.15) is 89.5 Å². The van der Waals surface area contributed by atoms with Crippen molar-refractivity contribution in [3.63, 3.8) is 0 Å². The summed E-state index contributed by atoms with van der Waals surface area (Å²) in [6.07, 6.45) is 17.3. The maximum Gasteiger partial charge on any atom is 0.372 e. The van der Waals surface area contributed by atoms with Gasteiger partial charge in [0.2, 0.25) is 5.51 Å². The number of benzene rings is 2. The number of ether oxygens (including phenoxy) is 1. The second kappa shape index (κ2) is 17.3. The first-order valence-electron chi connectivity index (χ1n) is 14.0. The van der Waals surface area contributed by atoms with Crippen LogP contribution in [0.2, 0.25) is 0 Å². The number of phosphoric acid groups is 1. The van der Waals surface area contributed by atoms with Gasteiger partial charge in [0.1, 0.15) is 5.75 Å². The van der Waals surface area contributed by atoms with Crippen LogP contribution in [0.15, 0.2) is 65.6 Å². The number of nitrogens with zero attached hydrogens (tertiary/aromatic N) is 1. The van der Waals surface area contributed by atoms with Crippen LogP contribution in [-0.4, -0.2) is 6.61 Å². The minimum Gasteiger partial charge on any atom is -0.736 e. The molecule has 0 amide bonds. The van der Waals surface area contributed by atoms with Gasteiger partial charge in [-0.2, -0.15) is 4.57 Å². The lowest BCUT2D eigenvalue weighted by molar-refractivity contribution is -0.683. The third kappa shape index (κ3) is 12.0. The SMILES string of the molecule is CCCCCCCCCCCCCCOc1ccccc1OP(=O)([O-])Oc1cccc(C[n+]2ccsc2)c1. The third-order valence-electron chi connectivity index (χ3n) is 6.32. The van der Waals surface area contributed by atoms with Crippen molar-refractivity contribution in [1.82, 2.24) is 0 Å². The smallest absolute Gasteiger partial charge is 0.372 e. The maximum atomic E-state index is 12.7. The first-order chi connectivity index (χ1) is 18.6. The Morgan fingerprint density at radius 3 is 2.13 bits per heavy atom. The van der Waals surface area contributed by atoms with Crippen molar-refractivity contribution < 1.29 is 27.8 Å². The van der Waals surface area contributed by atoms with E-state index in [1.54, 1.807) is 53.8 Å². The molecule has 0 spiro atoms. The Kier molecular flexibility index (Phi) is 13.7. The van der Waals surface area contributed by atoms with E-state index in [1.807, 2.05) is 27.7 Å². The molecule has 38 heavy (non-hydrogen) atoms. The van der Waals surface area contributed by atoms with Crippen LogP contribution in [-0.2, 0) is 11.1 Å². The van der Waals surface area contributed by atoms with Crippen molar-refractivity contribution >= 4 is 19.2 Å². The summed E-state index contributed by atoms with van der Waals surface area (Å²) in [6.45, 7) is 3.40. The Bertz CT molecular complexity index is 1090. The number of para-hydroxylation sites is 2. The summed E-state index contributed by atoms with van der Waals surface area (Å²) in [7, 11) is -4.66. The van der Waals surface area contributed by atoms with Crippen LogP contribution in [0.25, 0.3) is 0 Å². The molecule has 1 unspecified atom stereocenters.